The van der Waals surface area contributed by atoms with E-state index >= 15 is 0 Å². The SMILES string of the molecule is CC[C@H](NC(=O)c1ccc([N+](=O)[O-])cc1Cl)c1ccccc1. The highest BCUT2D eigenvalue weighted by Crippen LogP contribution is 2.24. The molecule has 5 nitrogen and oxygen atoms in total. The fourth-order valence-electron chi connectivity index (χ4n) is 2.14. The normalized spacial score (nSPS) is 11.7. The molecule has 0 heterocycles. The molecular formula is C16H15ClN2O3. The molecule has 1 atom stereocenters. The number of non-ortho nitro benzene ring substituents is 1. The van der Waals surface area contributed by atoms with Crippen molar-refractivity contribution >= 4 is 23.2 Å². The van der Waals surface area contributed by atoms with Crippen LogP contribution in [0.5, 0.6) is 0 Å². The van der Waals surface area contributed by atoms with Crippen molar-refractivity contribution in [2.75, 3.05) is 0 Å². The minimum Gasteiger partial charge on any atom is -0.345 e. The first-order valence-electron chi connectivity index (χ1n) is 6.82. The minimum absolute atomic E-state index is 0.0645. The molecule has 0 aromatic heterocycles. The van der Waals surface area contributed by atoms with E-state index in [0.717, 1.165) is 12.0 Å². The molecule has 0 unspecified atom stereocenters. The molecule has 22 heavy (non-hydrogen) atoms. The van der Waals surface area contributed by atoms with Gasteiger partial charge in [0.15, 0.2) is 0 Å². The number of hydrogen-bond acceptors (Lipinski definition) is 3. The summed E-state index contributed by atoms with van der Waals surface area (Å²) in [5.41, 5.74) is 1.08. The Balaban J connectivity index is 2.19. The summed E-state index contributed by atoms with van der Waals surface area (Å²) in [6.45, 7) is 1.97. The third kappa shape index (κ3) is 3.62. The molecule has 2 aromatic rings. The highest BCUT2D eigenvalue weighted by molar-refractivity contribution is 6.34. The molecule has 0 bridgehead atoms. The summed E-state index contributed by atoms with van der Waals surface area (Å²) < 4.78 is 0. The Kier molecular flexibility index (Phi) is 5.12. The van der Waals surface area contributed by atoms with Gasteiger partial charge in [0, 0.05) is 12.1 Å². The molecule has 1 N–H and O–H groups in total. The van der Waals surface area contributed by atoms with Crippen LogP contribution in [0.1, 0.15) is 35.3 Å². The largest absolute Gasteiger partial charge is 0.345 e. The number of benzene rings is 2. The summed E-state index contributed by atoms with van der Waals surface area (Å²) in [4.78, 5) is 22.5. The molecule has 0 aliphatic carbocycles. The van der Waals surface area contributed by atoms with E-state index in [1.807, 2.05) is 37.3 Å². The van der Waals surface area contributed by atoms with Gasteiger partial charge >= 0.3 is 0 Å². The van der Waals surface area contributed by atoms with E-state index in [9.17, 15) is 14.9 Å². The van der Waals surface area contributed by atoms with E-state index in [0.29, 0.717) is 0 Å². The number of nitro benzene ring substituents is 1. The van der Waals surface area contributed by atoms with E-state index in [2.05, 4.69) is 5.32 Å². The maximum absolute atomic E-state index is 12.3. The first kappa shape index (κ1) is 16.0. The van der Waals surface area contributed by atoms with E-state index in [-0.39, 0.29) is 28.2 Å². The first-order chi connectivity index (χ1) is 10.5. The van der Waals surface area contributed by atoms with Gasteiger partial charge in [0.05, 0.1) is 21.6 Å². The van der Waals surface area contributed by atoms with Gasteiger partial charge in [-0.15, -0.1) is 0 Å². The van der Waals surface area contributed by atoms with Gasteiger partial charge in [-0.3, -0.25) is 14.9 Å². The van der Waals surface area contributed by atoms with E-state index in [1.54, 1.807) is 0 Å². The average Bonchev–Trinajstić information content (AvgIpc) is 2.53. The third-order valence-electron chi connectivity index (χ3n) is 3.32. The van der Waals surface area contributed by atoms with Crippen LogP contribution in [0.2, 0.25) is 5.02 Å². The molecule has 2 rings (SSSR count). The zero-order chi connectivity index (χ0) is 16.1. The molecule has 0 saturated carbocycles. The van der Waals surface area contributed by atoms with Crippen molar-refractivity contribution < 1.29 is 9.72 Å². The molecule has 1 amide bonds. The van der Waals surface area contributed by atoms with Crippen LogP contribution in [-0.2, 0) is 0 Å². The number of rotatable bonds is 5. The summed E-state index contributed by atoms with van der Waals surface area (Å²) >= 11 is 5.98. The number of nitrogens with zero attached hydrogens (tertiary/aromatic N) is 1. The Morgan fingerprint density at radius 1 is 1.27 bits per heavy atom. The number of hydrogen-bond donors (Lipinski definition) is 1. The van der Waals surface area contributed by atoms with Crippen LogP contribution in [0.3, 0.4) is 0 Å². The highest BCUT2D eigenvalue weighted by atomic mass is 35.5. The van der Waals surface area contributed by atoms with Crippen molar-refractivity contribution in [2.45, 2.75) is 19.4 Å². The summed E-state index contributed by atoms with van der Waals surface area (Å²) in [6.07, 6.45) is 0.723. The molecule has 0 spiro atoms. The Morgan fingerprint density at radius 3 is 2.50 bits per heavy atom. The number of nitro groups is 1. The standard InChI is InChI=1S/C16H15ClN2O3/c1-2-15(11-6-4-3-5-7-11)18-16(20)13-9-8-12(19(21)22)10-14(13)17/h3-10,15H,2H2,1H3,(H,18,20)/t15-/m0/s1. The maximum atomic E-state index is 12.3. The van der Waals surface area contributed by atoms with Crippen molar-refractivity contribution in [3.05, 3.63) is 74.8 Å². The molecule has 0 aliphatic rings. The van der Waals surface area contributed by atoms with Gasteiger partial charge in [-0.1, -0.05) is 48.9 Å². The lowest BCUT2D eigenvalue weighted by Crippen LogP contribution is -2.28. The lowest BCUT2D eigenvalue weighted by Gasteiger charge is -2.17. The monoisotopic (exact) mass is 318 g/mol. The van der Waals surface area contributed by atoms with Crippen molar-refractivity contribution in [3.63, 3.8) is 0 Å². The zero-order valence-electron chi connectivity index (χ0n) is 12.0. The summed E-state index contributed by atoms with van der Waals surface area (Å²) in [7, 11) is 0. The van der Waals surface area contributed by atoms with Gasteiger partial charge < -0.3 is 5.32 Å². The lowest BCUT2D eigenvalue weighted by atomic mass is 10.0. The van der Waals surface area contributed by atoms with Crippen LogP contribution in [0.25, 0.3) is 0 Å². The van der Waals surface area contributed by atoms with Crippen LogP contribution in [0.4, 0.5) is 5.69 Å². The fraction of sp³-hybridized carbons (Fsp3) is 0.188. The second-order valence-electron chi connectivity index (χ2n) is 4.77. The zero-order valence-corrected chi connectivity index (χ0v) is 12.7. The smallest absolute Gasteiger partial charge is 0.270 e. The average molecular weight is 319 g/mol. The van der Waals surface area contributed by atoms with Crippen LogP contribution in [0, 0.1) is 10.1 Å². The predicted octanol–water partition coefficient (Wildman–Crippen LogP) is 4.13. The van der Waals surface area contributed by atoms with Crippen molar-refractivity contribution in [1.82, 2.24) is 5.32 Å². The quantitative estimate of drug-likeness (QED) is 0.665. The van der Waals surface area contributed by atoms with Gasteiger partial charge in [-0.05, 0) is 18.1 Å². The minimum atomic E-state index is -0.549. The second-order valence-corrected chi connectivity index (χ2v) is 5.17. The van der Waals surface area contributed by atoms with Gasteiger partial charge in [0.1, 0.15) is 0 Å². The number of nitrogens with one attached hydrogen (secondary N) is 1. The molecule has 6 heteroatoms. The van der Waals surface area contributed by atoms with Crippen LogP contribution >= 0.6 is 11.6 Å². The topological polar surface area (TPSA) is 72.2 Å². The predicted molar refractivity (Wildman–Crippen MR) is 85.0 cm³/mol. The number of amides is 1. The molecular weight excluding hydrogens is 304 g/mol. The lowest BCUT2D eigenvalue weighted by molar-refractivity contribution is -0.384. The number of halogens is 1. The van der Waals surface area contributed by atoms with Crippen LogP contribution in [-0.4, -0.2) is 10.8 Å². The fourth-order valence-corrected chi connectivity index (χ4v) is 2.40. The van der Waals surface area contributed by atoms with E-state index in [1.165, 1.54) is 18.2 Å². The van der Waals surface area contributed by atoms with Crippen LogP contribution < -0.4 is 5.32 Å². The molecule has 2 aromatic carbocycles. The Morgan fingerprint density at radius 2 is 1.95 bits per heavy atom. The van der Waals surface area contributed by atoms with Crippen molar-refractivity contribution in [3.8, 4) is 0 Å². The molecule has 0 saturated heterocycles. The summed E-state index contributed by atoms with van der Waals surface area (Å²) in [6, 6.07) is 13.3. The first-order valence-corrected chi connectivity index (χ1v) is 7.20. The van der Waals surface area contributed by atoms with Gasteiger partial charge in [0.25, 0.3) is 11.6 Å². The molecule has 0 fully saturated rings. The van der Waals surface area contributed by atoms with Crippen LogP contribution in [0.15, 0.2) is 48.5 Å². The van der Waals surface area contributed by atoms with Gasteiger partial charge in [-0.2, -0.15) is 0 Å². The van der Waals surface area contributed by atoms with Crippen molar-refractivity contribution in [1.29, 1.82) is 0 Å². The second kappa shape index (κ2) is 7.04. The van der Waals surface area contributed by atoms with Gasteiger partial charge in [0.2, 0.25) is 0 Å². The van der Waals surface area contributed by atoms with Gasteiger partial charge in [-0.25, -0.2) is 0 Å². The molecule has 0 radical (unpaired) electrons. The maximum Gasteiger partial charge on any atom is 0.270 e. The molecule has 0 aliphatic heterocycles. The van der Waals surface area contributed by atoms with E-state index in [4.69, 9.17) is 11.6 Å². The number of carbonyl (C=O) groups is 1. The third-order valence-corrected chi connectivity index (χ3v) is 3.64. The Bertz CT molecular complexity index is 689. The summed E-state index contributed by atoms with van der Waals surface area (Å²) in [5, 5.41) is 13.6. The molecule has 114 valence electrons. The number of carbonyl (C=O) groups excluding carboxylic acids is 1. The van der Waals surface area contributed by atoms with Crippen molar-refractivity contribution in [2.24, 2.45) is 0 Å². The summed E-state index contributed by atoms with van der Waals surface area (Å²) in [5.74, 6) is -0.351. The Hall–Kier alpha value is -2.40. The Labute approximate surface area is 133 Å². The van der Waals surface area contributed by atoms with E-state index < -0.39 is 4.92 Å². The highest BCUT2D eigenvalue weighted by Gasteiger charge is 2.18.